The molecule has 0 unspecified atom stereocenters. The molecule has 0 aliphatic heterocycles. The second-order valence-electron chi connectivity index (χ2n) is 4.43. The number of alkyl halides is 7. The molecule has 1 fully saturated rings. The molecule has 0 atom stereocenters. The summed E-state index contributed by atoms with van der Waals surface area (Å²) in [6, 6.07) is 4.43. The fourth-order valence-electron chi connectivity index (χ4n) is 1.77. The molecule has 1 aromatic carbocycles. The van der Waals surface area contributed by atoms with Crippen molar-refractivity contribution in [1.82, 2.24) is 0 Å². The van der Waals surface area contributed by atoms with E-state index in [0.29, 0.717) is 0 Å². The number of amides is 1. The second kappa shape index (κ2) is 4.40. The van der Waals surface area contributed by atoms with E-state index in [1.54, 1.807) is 0 Å². The van der Waals surface area contributed by atoms with Crippen molar-refractivity contribution in [3.8, 4) is 0 Å². The number of nitrogens with two attached hydrogens (primary N) is 1. The van der Waals surface area contributed by atoms with Crippen LogP contribution in [-0.4, -0.2) is 29.5 Å². The molecule has 0 aromatic heterocycles. The summed E-state index contributed by atoms with van der Waals surface area (Å²) in [7, 11) is 0. The maximum atomic E-state index is 13.6. The first kappa shape index (κ1) is 16.2. The Kier molecular flexibility index (Phi) is 3.23. The molecule has 120 valence electrons. The lowest BCUT2D eigenvalue weighted by atomic mass is 9.76. The number of primary amides is 1. The number of rotatable bonds is 3. The zero-order valence-corrected chi connectivity index (χ0v) is 10.3. The lowest BCUT2D eigenvalue weighted by Crippen LogP contribution is -2.83. The van der Waals surface area contributed by atoms with Crippen molar-refractivity contribution >= 4 is 11.6 Å². The van der Waals surface area contributed by atoms with E-state index in [0.717, 1.165) is 12.1 Å². The average Bonchev–Trinajstić information content (AvgIpc) is 2.43. The number of hydrogen-bond acceptors (Lipinski definition) is 3. The molecule has 2 N–H and O–H groups in total. The summed E-state index contributed by atoms with van der Waals surface area (Å²) in [5.41, 5.74) is 3.85. The summed E-state index contributed by atoms with van der Waals surface area (Å²) >= 11 is 0. The van der Waals surface area contributed by atoms with Gasteiger partial charge < -0.3 is 5.73 Å². The molecule has 1 aliphatic rings. The number of carbonyl (C=O) groups excluding carboxylic acids is 1. The molecule has 1 aliphatic carbocycles. The normalized spacial score (nSPS) is 24.0. The molecule has 22 heavy (non-hydrogen) atoms. The van der Waals surface area contributed by atoms with Crippen LogP contribution < -0.4 is 5.73 Å². The van der Waals surface area contributed by atoms with Gasteiger partial charge in [0.25, 0.3) is 5.91 Å². The van der Waals surface area contributed by atoms with Gasteiger partial charge in [-0.05, 0) is 12.1 Å². The van der Waals surface area contributed by atoms with E-state index in [9.17, 15) is 35.5 Å². The standard InChI is InChI=1S/C11H6F7N3O/c12-8(13)9(14,15)11(18,10(8,16)17)21-20-6-4-2-1-3-5(6)7(19)22/h1-4H,(H2,19,22). The Balaban J connectivity index is 2.45. The molecule has 4 nitrogen and oxygen atoms in total. The van der Waals surface area contributed by atoms with Crippen molar-refractivity contribution in [2.24, 2.45) is 16.0 Å². The van der Waals surface area contributed by atoms with Gasteiger partial charge in [0.1, 0.15) is 0 Å². The van der Waals surface area contributed by atoms with E-state index in [1.165, 1.54) is 12.1 Å². The minimum Gasteiger partial charge on any atom is -0.366 e. The number of halogens is 7. The molecular weight excluding hydrogens is 323 g/mol. The van der Waals surface area contributed by atoms with Crippen LogP contribution in [0.15, 0.2) is 34.5 Å². The molecular formula is C11H6F7N3O. The Morgan fingerprint density at radius 1 is 0.909 bits per heavy atom. The van der Waals surface area contributed by atoms with E-state index in [4.69, 9.17) is 5.73 Å². The van der Waals surface area contributed by atoms with Crippen molar-refractivity contribution in [2.45, 2.75) is 23.6 Å². The Labute approximate surface area is 117 Å². The fraction of sp³-hybridized carbons (Fsp3) is 0.364. The van der Waals surface area contributed by atoms with Gasteiger partial charge in [0.15, 0.2) is 0 Å². The second-order valence-corrected chi connectivity index (χ2v) is 4.43. The first-order valence-corrected chi connectivity index (χ1v) is 5.54. The largest absolute Gasteiger partial charge is 0.383 e. The van der Waals surface area contributed by atoms with Crippen molar-refractivity contribution < 1.29 is 35.5 Å². The lowest BCUT2D eigenvalue weighted by molar-refractivity contribution is -0.472. The van der Waals surface area contributed by atoms with Gasteiger partial charge in [-0.1, -0.05) is 12.1 Å². The van der Waals surface area contributed by atoms with Crippen molar-refractivity contribution in [3.05, 3.63) is 29.8 Å². The number of azo groups is 1. The summed E-state index contributed by atoms with van der Waals surface area (Å²) in [5, 5.41) is 4.78. The number of carbonyl (C=O) groups is 1. The molecule has 1 amide bonds. The molecule has 0 bridgehead atoms. The van der Waals surface area contributed by atoms with Crippen molar-refractivity contribution in [2.75, 3.05) is 0 Å². The summed E-state index contributed by atoms with van der Waals surface area (Å²) in [6.45, 7) is 0. The summed E-state index contributed by atoms with van der Waals surface area (Å²) in [6.07, 6.45) is 0. The third-order valence-electron chi connectivity index (χ3n) is 3.09. The third-order valence-corrected chi connectivity index (χ3v) is 3.09. The van der Waals surface area contributed by atoms with E-state index in [2.05, 4.69) is 5.11 Å². The van der Waals surface area contributed by atoms with Crippen LogP contribution in [0.5, 0.6) is 0 Å². The van der Waals surface area contributed by atoms with Gasteiger partial charge in [0.05, 0.1) is 11.3 Å². The number of hydrogen-bond donors (Lipinski definition) is 1. The van der Waals surface area contributed by atoms with Crippen molar-refractivity contribution in [3.63, 3.8) is 0 Å². The molecule has 0 radical (unpaired) electrons. The Morgan fingerprint density at radius 2 is 1.41 bits per heavy atom. The number of benzene rings is 1. The predicted molar refractivity (Wildman–Crippen MR) is 58.2 cm³/mol. The Bertz CT molecular complexity index is 641. The van der Waals surface area contributed by atoms with Gasteiger partial charge in [0.2, 0.25) is 0 Å². The van der Waals surface area contributed by atoms with Crippen LogP contribution in [-0.2, 0) is 0 Å². The maximum absolute atomic E-state index is 13.6. The zero-order chi connectivity index (χ0) is 17.0. The average molecular weight is 329 g/mol. The topological polar surface area (TPSA) is 67.8 Å². The first-order chi connectivity index (χ1) is 9.90. The predicted octanol–water partition coefficient (Wildman–Crippen LogP) is 3.45. The monoisotopic (exact) mass is 329 g/mol. The van der Waals surface area contributed by atoms with Gasteiger partial charge in [-0.2, -0.15) is 31.5 Å². The molecule has 1 aromatic rings. The van der Waals surface area contributed by atoms with Crippen LogP contribution in [0.1, 0.15) is 10.4 Å². The van der Waals surface area contributed by atoms with E-state index in [-0.39, 0.29) is 0 Å². The minimum atomic E-state index is -5.91. The zero-order valence-electron chi connectivity index (χ0n) is 10.3. The van der Waals surface area contributed by atoms with Gasteiger partial charge in [-0.3, -0.25) is 4.79 Å². The molecule has 0 heterocycles. The van der Waals surface area contributed by atoms with Crippen LogP contribution >= 0.6 is 0 Å². The van der Waals surface area contributed by atoms with Crippen LogP contribution in [0, 0.1) is 0 Å². The molecule has 1 saturated carbocycles. The van der Waals surface area contributed by atoms with Gasteiger partial charge in [-0.15, -0.1) is 5.11 Å². The van der Waals surface area contributed by atoms with E-state index < -0.39 is 40.7 Å². The summed E-state index contributed by atoms with van der Waals surface area (Å²) in [5.74, 6) is -23.8. The van der Waals surface area contributed by atoms with Crippen LogP contribution in [0.2, 0.25) is 0 Å². The molecule has 0 saturated heterocycles. The van der Waals surface area contributed by atoms with Gasteiger partial charge in [0, 0.05) is 0 Å². The highest BCUT2D eigenvalue weighted by atomic mass is 19.4. The smallest absolute Gasteiger partial charge is 0.366 e. The lowest BCUT2D eigenvalue weighted by Gasteiger charge is -2.50. The highest BCUT2D eigenvalue weighted by Gasteiger charge is 3.01. The Hall–Kier alpha value is -2.20. The highest BCUT2D eigenvalue weighted by Crippen LogP contribution is 2.69. The summed E-state index contributed by atoms with van der Waals surface area (Å²) < 4.78 is 90.7. The van der Waals surface area contributed by atoms with Gasteiger partial charge in [-0.25, -0.2) is 4.39 Å². The van der Waals surface area contributed by atoms with Crippen LogP contribution in [0.4, 0.5) is 36.4 Å². The SMILES string of the molecule is NC(=O)c1ccccc1N=NC1(F)C(F)(F)C(F)(F)C1(F)F. The van der Waals surface area contributed by atoms with E-state index in [1.807, 2.05) is 5.11 Å². The van der Waals surface area contributed by atoms with Gasteiger partial charge >= 0.3 is 23.6 Å². The van der Waals surface area contributed by atoms with Crippen LogP contribution in [0.3, 0.4) is 0 Å². The van der Waals surface area contributed by atoms with Crippen LogP contribution in [0.25, 0.3) is 0 Å². The first-order valence-electron chi connectivity index (χ1n) is 5.54. The number of nitrogens with zero attached hydrogens (tertiary/aromatic N) is 2. The quantitative estimate of drug-likeness (QED) is 0.515. The highest BCUT2D eigenvalue weighted by molar-refractivity contribution is 5.97. The summed E-state index contributed by atoms with van der Waals surface area (Å²) in [4.78, 5) is 11.0. The van der Waals surface area contributed by atoms with Crippen molar-refractivity contribution in [1.29, 1.82) is 0 Å². The minimum absolute atomic E-state index is 0.437. The molecule has 2 rings (SSSR count). The fourth-order valence-corrected chi connectivity index (χ4v) is 1.77. The van der Waals surface area contributed by atoms with E-state index >= 15 is 0 Å². The third kappa shape index (κ3) is 1.67. The molecule has 11 heteroatoms. The maximum Gasteiger partial charge on any atom is 0.383 e. The molecule has 0 spiro atoms. The Morgan fingerprint density at radius 3 is 1.91 bits per heavy atom.